The van der Waals surface area contributed by atoms with Crippen LogP contribution in [-0.2, 0) is 14.3 Å². The number of benzene rings is 2. The lowest BCUT2D eigenvalue weighted by atomic mass is 10.00. The molecule has 0 saturated carbocycles. The van der Waals surface area contributed by atoms with Crippen LogP contribution in [0.1, 0.15) is 16.9 Å². The summed E-state index contributed by atoms with van der Waals surface area (Å²) < 4.78 is 15.3. The fourth-order valence-corrected chi connectivity index (χ4v) is 3.21. The molecule has 3 rings (SSSR count). The van der Waals surface area contributed by atoms with Gasteiger partial charge in [0.25, 0.3) is 0 Å². The van der Waals surface area contributed by atoms with Crippen LogP contribution in [0.3, 0.4) is 0 Å². The number of rotatable bonds is 6. The SMILES string of the molecule is COC=C(C(=O)OC)c1ccc(Cl)cc1C=C(Cl)c1cc(-c2ccc(Cl)cc2)no1. The summed E-state index contributed by atoms with van der Waals surface area (Å²) in [6.07, 6.45) is 2.93. The lowest BCUT2D eigenvalue weighted by Crippen LogP contribution is -2.06. The smallest absolute Gasteiger partial charge is 0.341 e. The first kappa shape index (κ1) is 22.0. The first-order valence-corrected chi connectivity index (χ1v) is 9.77. The Morgan fingerprint density at radius 2 is 1.73 bits per heavy atom. The minimum atomic E-state index is -0.561. The fraction of sp³-hybridized carbons (Fsp3) is 0.0909. The third-order valence-corrected chi connectivity index (χ3v) is 4.89. The molecule has 0 radical (unpaired) electrons. The Labute approximate surface area is 188 Å². The van der Waals surface area contributed by atoms with E-state index in [4.69, 9.17) is 48.8 Å². The molecule has 0 atom stereocenters. The highest BCUT2D eigenvalue weighted by Crippen LogP contribution is 2.31. The van der Waals surface area contributed by atoms with E-state index in [-0.39, 0.29) is 10.6 Å². The van der Waals surface area contributed by atoms with Crippen molar-refractivity contribution in [2.45, 2.75) is 0 Å². The number of esters is 1. The van der Waals surface area contributed by atoms with Crippen molar-refractivity contribution in [2.75, 3.05) is 14.2 Å². The molecule has 1 aromatic heterocycles. The summed E-state index contributed by atoms with van der Waals surface area (Å²) in [4.78, 5) is 12.2. The molecular formula is C22H16Cl3NO4. The largest absolute Gasteiger partial charge is 0.503 e. The predicted molar refractivity (Wildman–Crippen MR) is 119 cm³/mol. The Hall–Kier alpha value is -2.73. The van der Waals surface area contributed by atoms with E-state index >= 15 is 0 Å². The number of carbonyl (C=O) groups is 1. The Bertz CT molecular complexity index is 1120. The molecular weight excluding hydrogens is 449 g/mol. The van der Waals surface area contributed by atoms with Crippen LogP contribution in [0.2, 0.25) is 10.0 Å². The van der Waals surface area contributed by atoms with Gasteiger partial charge in [-0.25, -0.2) is 4.79 Å². The molecule has 30 heavy (non-hydrogen) atoms. The van der Waals surface area contributed by atoms with E-state index < -0.39 is 5.97 Å². The predicted octanol–water partition coefficient (Wildman–Crippen LogP) is 6.55. The van der Waals surface area contributed by atoms with Crippen LogP contribution in [0.4, 0.5) is 0 Å². The van der Waals surface area contributed by atoms with Crippen molar-refractivity contribution in [3.63, 3.8) is 0 Å². The Morgan fingerprint density at radius 3 is 2.40 bits per heavy atom. The first-order chi connectivity index (χ1) is 14.4. The molecule has 0 aliphatic carbocycles. The summed E-state index contributed by atoms with van der Waals surface area (Å²) in [6.45, 7) is 0. The van der Waals surface area contributed by atoms with Gasteiger partial charge in [0, 0.05) is 21.7 Å². The van der Waals surface area contributed by atoms with Crippen LogP contribution in [0.25, 0.3) is 27.9 Å². The number of methoxy groups -OCH3 is 2. The van der Waals surface area contributed by atoms with Gasteiger partial charge in [0.05, 0.1) is 25.5 Å². The van der Waals surface area contributed by atoms with Crippen molar-refractivity contribution in [1.29, 1.82) is 0 Å². The zero-order chi connectivity index (χ0) is 21.7. The van der Waals surface area contributed by atoms with Gasteiger partial charge in [-0.2, -0.15) is 0 Å². The zero-order valence-electron chi connectivity index (χ0n) is 16.0. The number of aromatic nitrogens is 1. The quantitative estimate of drug-likeness (QED) is 0.235. The van der Waals surface area contributed by atoms with Gasteiger partial charge in [0.15, 0.2) is 5.76 Å². The first-order valence-electron chi connectivity index (χ1n) is 8.64. The molecule has 0 bridgehead atoms. The second kappa shape index (κ2) is 9.85. The normalized spacial score (nSPS) is 12.0. The summed E-state index contributed by atoms with van der Waals surface area (Å²) in [5.41, 5.74) is 2.76. The zero-order valence-corrected chi connectivity index (χ0v) is 18.3. The molecule has 8 heteroatoms. The number of hydrogen-bond acceptors (Lipinski definition) is 5. The highest BCUT2D eigenvalue weighted by molar-refractivity contribution is 6.51. The summed E-state index contributed by atoms with van der Waals surface area (Å²) in [5.74, 6) is -0.211. The molecule has 0 spiro atoms. The molecule has 0 unspecified atom stereocenters. The maximum atomic E-state index is 12.2. The topological polar surface area (TPSA) is 61.6 Å². The van der Waals surface area contributed by atoms with E-state index in [9.17, 15) is 4.79 Å². The van der Waals surface area contributed by atoms with Crippen molar-refractivity contribution in [2.24, 2.45) is 0 Å². The van der Waals surface area contributed by atoms with Crippen LogP contribution in [0.15, 0.2) is 59.3 Å². The molecule has 2 aromatic carbocycles. The number of halogens is 3. The average molecular weight is 465 g/mol. The van der Waals surface area contributed by atoms with Gasteiger partial charge in [-0.3, -0.25) is 0 Å². The van der Waals surface area contributed by atoms with Gasteiger partial charge < -0.3 is 14.0 Å². The summed E-state index contributed by atoms with van der Waals surface area (Å²) in [5, 5.41) is 5.41. The van der Waals surface area contributed by atoms with Crippen molar-refractivity contribution in [1.82, 2.24) is 5.16 Å². The van der Waals surface area contributed by atoms with Gasteiger partial charge in [0.1, 0.15) is 11.3 Å². The molecule has 5 nitrogen and oxygen atoms in total. The third-order valence-electron chi connectivity index (χ3n) is 4.11. The van der Waals surface area contributed by atoms with E-state index in [0.717, 1.165) is 5.56 Å². The molecule has 0 aliphatic rings. The maximum absolute atomic E-state index is 12.2. The number of hydrogen-bond donors (Lipinski definition) is 0. The van der Waals surface area contributed by atoms with Gasteiger partial charge in [-0.15, -0.1) is 0 Å². The third kappa shape index (κ3) is 5.05. The molecule has 0 N–H and O–H groups in total. The fourth-order valence-electron chi connectivity index (χ4n) is 2.70. The standard InChI is InChI=1S/C22H16Cl3NO4/c1-28-12-18(22(27)29-2)17-8-7-16(24)9-14(17)10-19(25)21-11-20(26-30-21)13-3-5-15(23)6-4-13/h3-12H,1-2H3. The minimum Gasteiger partial charge on any atom is -0.503 e. The van der Waals surface area contributed by atoms with Gasteiger partial charge in [-0.1, -0.05) is 58.2 Å². The Kier molecular flexibility index (Phi) is 7.21. The van der Waals surface area contributed by atoms with E-state index in [1.807, 2.05) is 12.1 Å². The molecule has 0 aliphatic heterocycles. The maximum Gasteiger partial charge on any atom is 0.341 e. The van der Waals surface area contributed by atoms with Crippen LogP contribution in [0, 0.1) is 0 Å². The number of ether oxygens (including phenoxy) is 2. The van der Waals surface area contributed by atoms with Crippen molar-refractivity contribution in [3.05, 3.63) is 81.7 Å². The summed E-state index contributed by atoms with van der Waals surface area (Å²) >= 11 is 18.6. The summed E-state index contributed by atoms with van der Waals surface area (Å²) in [7, 11) is 2.73. The minimum absolute atomic E-state index is 0.215. The number of carbonyl (C=O) groups excluding carboxylic acids is 1. The van der Waals surface area contributed by atoms with E-state index in [2.05, 4.69) is 5.16 Å². The summed E-state index contributed by atoms with van der Waals surface area (Å²) in [6, 6.07) is 13.9. The molecule has 0 amide bonds. The monoisotopic (exact) mass is 463 g/mol. The van der Waals surface area contributed by atoms with Crippen LogP contribution in [-0.4, -0.2) is 25.3 Å². The van der Waals surface area contributed by atoms with Crippen LogP contribution >= 0.6 is 34.8 Å². The molecule has 1 heterocycles. The molecule has 0 saturated heterocycles. The van der Waals surface area contributed by atoms with Crippen molar-refractivity contribution in [3.8, 4) is 11.3 Å². The highest BCUT2D eigenvalue weighted by Gasteiger charge is 2.18. The highest BCUT2D eigenvalue weighted by atomic mass is 35.5. The second-order valence-electron chi connectivity index (χ2n) is 6.07. The van der Waals surface area contributed by atoms with Gasteiger partial charge >= 0.3 is 5.97 Å². The van der Waals surface area contributed by atoms with Gasteiger partial charge in [0.2, 0.25) is 0 Å². The molecule has 154 valence electrons. The average Bonchev–Trinajstić information content (AvgIpc) is 3.23. The second-order valence-corrected chi connectivity index (χ2v) is 7.35. The van der Waals surface area contributed by atoms with Crippen molar-refractivity contribution >= 4 is 57.5 Å². The van der Waals surface area contributed by atoms with E-state index in [1.54, 1.807) is 42.5 Å². The van der Waals surface area contributed by atoms with Crippen LogP contribution in [0.5, 0.6) is 0 Å². The van der Waals surface area contributed by atoms with Crippen LogP contribution < -0.4 is 0 Å². The van der Waals surface area contributed by atoms with Crippen molar-refractivity contribution < 1.29 is 18.8 Å². The molecule has 0 fully saturated rings. The Morgan fingerprint density at radius 1 is 1.03 bits per heavy atom. The number of nitrogens with zero attached hydrogens (tertiary/aromatic N) is 1. The van der Waals surface area contributed by atoms with Gasteiger partial charge in [-0.05, 0) is 41.5 Å². The van der Waals surface area contributed by atoms with E-state index in [1.165, 1.54) is 20.5 Å². The Balaban J connectivity index is 2.00. The molecule has 3 aromatic rings. The lowest BCUT2D eigenvalue weighted by Gasteiger charge is -2.10. The van der Waals surface area contributed by atoms with E-state index in [0.29, 0.717) is 32.6 Å². The lowest BCUT2D eigenvalue weighted by molar-refractivity contribution is -0.133.